The molecule has 0 aromatic heterocycles. The Balaban J connectivity index is 1.71. The van der Waals surface area contributed by atoms with Gasteiger partial charge in [-0.1, -0.05) is 77.3 Å². The number of carbonyl (C=O) groups excluding carboxylic acids is 2. The molecule has 5 nitrogen and oxygen atoms in total. The fourth-order valence-corrected chi connectivity index (χ4v) is 3.70. The van der Waals surface area contributed by atoms with E-state index in [0.29, 0.717) is 11.3 Å². The van der Waals surface area contributed by atoms with Gasteiger partial charge in [0.1, 0.15) is 11.5 Å². The van der Waals surface area contributed by atoms with Gasteiger partial charge in [-0.25, -0.2) is 9.59 Å². The molecule has 36 heavy (non-hydrogen) atoms. The SMILES string of the molecule is CCCCCCCCCOc1ccc(/C=C/C(=O)Oc2ccc(C(=O)OC(C)CCCC)cc2)cc1. The number of unbranched alkanes of at least 4 members (excludes halogenated alkanes) is 7. The minimum Gasteiger partial charge on any atom is -0.494 e. The second kappa shape index (κ2) is 17.4. The van der Waals surface area contributed by atoms with Gasteiger partial charge >= 0.3 is 11.9 Å². The Morgan fingerprint density at radius 1 is 0.778 bits per heavy atom. The van der Waals surface area contributed by atoms with Crippen LogP contribution in [0.2, 0.25) is 0 Å². The minimum atomic E-state index is -0.488. The number of hydrogen-bond donors (Lipinski definition) is 0. The Bertz CT molecular complexity index is 915. The van der Waals surface area contributed by atoms with Gasteiger partial charge in [-0.2, -0.15) is 0 Å². The highest BCUT2D eigenvalue weighted by molar-refractivity contribution is 5.90. The summed E-state index contributed by atoms with van der Waals surface area (Å²) in [6.07, 6.45) is 14.7. The van der Waals surface area contributed by atoms with E-state index in [2.05, 4.69) is 13.8 Å². The fraction of sp³-hybridized carbons (Fsp3) is 0.484. The van der Waals surface area contributed by atoms with Crippen molar-refractivity contribution in [1.29, 1.82) is 0 Å². The molecular weight excluding hydrogens is 452 g/mol. The maximum Gasteiger partial charge on any atom is 0.338 e. The second-order valence-corrected chi connectivity index (χ2v) is 9.18. The Morgan fingerprint density at radius 2 is 1.39 bits per heavy atom. The van der Waals surface area contributed by atoms with Crippen LogP contribution >= 0.6 is 0 Å². The Labute approximate surface area is 216 Å². The number of carbonyl (C=O) groups is 2. The van der Waals surface area contributed by atoms with Gasteiger partial charge in [0, 0.05) is 6.08 Å². The molecule has 0 saturated heterocycles. The summed E-state index contributed by atoms with van der Waals surface area (Å²) >= 11 is 0. The lowest BCUT2D eigenvalue weighted by molar-refractivity contribution is -0.128. The summed E-state index contributed by atoms with van der Waals surface area (Å²) in [7, 11) is 0. The van der Waals surface area contributed by atoms with E-state index in [1.165, 1.54) is 44.6 Å². The van der Waals surface area contributed by atoms with E-state index >= 15 is 0 Å². The van der Waals surface area contributed by atoms with Gasteiger partial charge < -0.3 is 14.2 Å². The third-order valence-corrected chi connectivity index (χ3v) is 5.89. The third-order valence-electron chi connectivity index (χ3n) is 5.89. The molecule has 0 saturated carbocycles. The molecule has 5 heteroatoms. The predicted octanol–water partition coefficient (Wildman–Crippen LogP) is 8.17. The van der Waals surface area contributed by atoms with Crippen LogP contribution in [0.15, 0.2) is 54.6 Å². The summed E-state index contributed by atoms with van der Waals surface area (Å²) < 4.78 is 16.6. The molecule has 0 N–H and O–H groups in total. The molecule has 0 radical (unpaired) electrons. The summed E-state index contributed by atoms with van der Waals surface area (Å²) in [5.74, 6) is 0.345. The fourth-order valence-electron chi connectivity index (χ4n) is 3.70. The molecule has 0 aliphatic rings. The van der Waals surface area contributed by atoms with Crippen LogP contribution in [0, 0.1) is 0 Å². The van der Waals surface area contributed by atoms with Crippen LogP contribution in [0.1, 0.15) is 101 Å². The molecule has 2 aromatic carbocycles. The summed E-state index contributed by atoms with van der Waals surface area (Å²) in [5, 5.41) is 0. The molecule has 0 aliphatic carbocycles. The summed E-state index contributed by atoms with van der Waals surface area (Å²) in [6, 6.07) is 14.0. The topological polar surface area (TPSA) is 61.8 Å². The standard InChI is InChI=1S/C31H42O5/c1-4-6-8-9-10-11-12-24-34-28-19-14-26(15-20-28)16-23-30(32)36-29-21-17-27(18-22-29)31(33)35-25(3)13-7-5-2/h14-23,25H,4-13,24H2,1-3H3/b23-16+. The zero-order valence-corrected chi connectivity index (χ0v) is 22.2. The highest BCUT2D eigenvalue weighted by atomic mass is 16.5. The van der Waals surface area contributed by atoms with Gasteiger partial charge in [0.05, 0.1) is 18.3 Å². The average molecular weight is 495 g/mol. The van der Waals surface area contributed by atoms with Crippen molar-refractivity contribution in [2.24, 2.45) is 0 Å². The van der Waals surface area contributed by atoms with Crippen LogP contribution < -0.4 is 9.47 Å². The van der Waals surface area contributed by atoms with Crippen LogP contribution in [-0.2, 0) is 9.53 Å². The number of rotatable bonds is 17. The molecule has 0 aliphatic heterocycles. The summed E-state index contributed by atoms with van der Waals surface area (Å²) in [5.41, 5.74) is 1.31. The van der Waals surface area contributed by atoms with E-state index in [1.807, 2.05) is 31.2 Å². The molecule has 1 atom stereocenters. The highest BCUT2D eigenvalue weighted by Gasteiger charge is 2.12. The van der Waals surface area contributed by atoms with Crippen molar-refractivity contribution in [3.8, 4) is 11.5 Å². The van der Waals surface area contributed by atoms with Gasteiger partial charge in [0.15, 0.2) is 0 Å². The van der Waals surface area contributed by atoms with E-state index in [9.17, 15) is 9.59 Å². The van der Waals surface area contributed by atoms with Crippen molar-refractivity contribution in [3.63, 3.8) is 0 Å². The number of hydrogen-bond acceptors (Lipinski definition) is 5. The first-order valence-corrected chi connectivity index (χ1v) is 13.5. The molecule has 196 valence electrons. The average Bonchev–Trinajstić information content (AvgIpc) is 2.89. The number of benzene rings is 2. The van der Waals surface area contributed by atoms with Crippen molar-refractivity contribution in [2.45, 2.75) is 91.1 Å². The largest absolute Gasteiger partial charge is 0.494 e. The first-order valence-electron chi connectivity index (χ1n) is 13.5. The van der Waals surface area contributed by atoms with Gasteiger partial charge in [0.25, 0.3) is 0 Å². The van der Waals surface area contributed by atoms with Gasteiger partial charge in [0.2, 0.25) is 0 Å². The molecule has 0 bridgehead atoms. The van der Waals surface area contributed by atoms with Crippen LogP contribution in [0.25, 0.3) is 6.08 Å². The van der Waals surface area contributed by atoms with Crippen LogP contribution in [0.5, 0.6) is 11.5 Å². The maximum atomic E-state index is 12.2. The van der Waals surface area contributed by atoms with Crippen molar-refractivity contribution in [3.05, 3.63) is 65.7 Å². The molecule has 2 rings (SSSR count). The molecule has 1 unspecified atom stereocenters. The van der Waals surface area contributed by atoms with Crippen molar-refractivity contribution in [2.75, 3.05) is 6.61 Å². The van der Waals surface area contributed by atoms with Gasteiger partial charge in [-0.05, 0) is 67.8 Å². The van der Waals surface area contributed by atoms with Crippen molar-refractivity contribution < 1.29 is 23.8 Å². The van der Waals surface area contributed by atoms with E-state index in [1.54, 1.807) is 30.3 Å². The number of ether oxygens (including phenoxy) is 3. The number of esters is 2. The van der Waals surface area contributed by atoms with Gasteiger partial charge in [-0.3, -0.25) is 0 Å². The van der Waals surface area contributed by atoms with E-state index in [0.717, 1.165) is 43.6 Å². The van der Waals surface area contributed by atoms with E-state index < -0.39 is 5.97 Å². The Kier molecular flexibility index (Phi) is 14.1. The Hall–Kier alpha value is -3.08. The maximum absolute atomic E-state index is 12.2. The van der Waals surface area contributed by atoms with E-state index in [4.69, 9.17) is 14.2 Å². The smallest absolute Gasteiger partial charge is 0.338 e. The molecule has 0 spiro atoms. The first-order chi connectivity index (χ1) is 17.5. The molecule has 0 amide bonds. The van der Waals surface area contributed by atoms with Crippen LogP contribution in [0.3, 0.4) is 0 Å². The molecule has 0 heterocycles. The van der Waals surface area contributed by atoms with Crippen LogP contribution in [0.4, 0.5) is 0 Å². The zero-order valence-electron chi connectivity index (χ0n) is 22.2. The lowest BCUT2D eigenvalue weighted by Gasteiger charge is -2.12. The quantitative estimate of drug-likeness (QED) is 0.0960. The van der Waals surface area contributed by atoms with Crippen molar-refractivity contribution in [1.82, 2.24) is 0 Å². The van der Waals surface area contributed by atoms with E-state index in [-0.39, 0.29) is 12.1 Å². The van der Waals surface area contributed by atoms with Crippen LogP contribution in [-0.4, -0.2) is 24.6 Å². The first kappa shape index (κ1) is 29.2. The predicted molar refractivity (Wildman–Crippen MR) is 145 cm³/mol. The normalized spacial score (nSPS) is 11.9. The lowest BCUT2D eigenvalue weighted by atomic mass is 10.1. The second-order valence-electron chi connectivity index (χ2n) is 9.18. The summed E-state index contributed by atoms with van der Waals surface area (Å²) in [4.78, 5) is 24.4. The molecule has 2 aromatic rings. The zero-order chi connectivity index (χ0) is 26.0. The monoisotopic (exact) mass is 494 g/mol. The lowest BCUT2D eigenvalue weighted by Crippen LogP contribution is -2.15. The molecule has 0 fully saturated rings. The third kappa shape index (κ3) is 12.1. The highest BCUT2D eigenvalue weighted by Crippen LogP contribution is 2.17. The molecular formula is C31H42O5. The Morgan fingerprint density at radius 3 is 2.06 bits per heavy atom. The van der Waals surface area contributed by atoms with Gasteiger partial charge in [-0.15, -0.1) is 0 Å². The minimum absolute atomic E-state index is 0.120. The van der Waals surface area contributed by atoms with Crippen molar-refractivity contribution >= 4 is 18.0 Å². The summed E-state index contributed by atoms with van der Waals surface area (Å²) in [6.45, 7) is 6.96.